The van der Waals surface area contributed by atoms with E-state index < -0.39 is 0 Å². The number of nitrogens with one attached hydrogen (secondary N) is 1. The smallest absolute Gasteiger partial charge is 0.317 e. The molecule has 1 saturated heterocycles. The van der Waals surface area contributed by atoms with Crippen LogP contribution in [0.25, 0.3) is 0 Å². The summed E-state index contributed by atoms with van der Waals surface area (Å²) in [7, 11) is 1.57. The van der Waals surface area contributed by atoms with Gasteiger partial charge in [0.05, 0.1) is 7.11 Å². The van der Waals surface area contributed by atoms with Crippen LogP contribution in [0.3, 0.4) is 0 Å². The molecule has 0 bridgehead atoms. The molecule has 0 atom stereocenters. The van der Waals surface area contributed by atoms with Gasteiger partial charge in [0, 0.05) is 43.4 Å². The molecule has 0 radical (unpaired) electrons. The summed E-state index contributed by atoms with van der Waals surface area (Å²) >= 11 is 0. The average Bonchev–Trinajstić information content (AvgIpc) is 2.72. The number of methoxy groups -OCH3 is 1. The van der Waals surface area contributed by atoms with E-state index in [-0.39, 0.29) is 17.7 Å². The molecule has 1 fully saturated rings. The fourth-order valence-electron chi connectivity index (χ4n) is 3.11. The zero-order chi connectivity index (χ0) is 18.4. The van der Waals surface area contributed by atoms with Crippen molar-refractivity contribution in [3.63, 3.8) is 0 Å². The molecule has 1 N–H and O–H groups in total. The van der Waals surface area contributed by atoms with E-state index in [4.69, 9.17) is 4.74 Å². The van der Waals surface area contributed by atoms with Gasteiger partial charge in [0.25, 0.3) is 0 Å². The Morgan fingerprint density at radius 3 is 2.50 bits per heavy atom. The van der Waals surface area contributed by atoms with E-state index in [0.29, 0.717) is 38.4 Å². The molecule has 1 aliphatic rings. The van der Waals surface area contributed by atoms with Crippen LogP contribution < -0.4 is 10.1 Å². The van der Waals surface area contributed by atoms with Crippen LogP contribution in [0.1, 0.15) is 28.8 Å². The summed E-state index contributed by atoms with van der Waals surface area (Å²) in [6.07, 6.45) is 3.08. The third-order valence-electron chi connectivity index (χ3n) is 4.66. The second-order valence-corrected chi connectivity index (χ2v) is 6.36. The number of hydrogen-bond donors (Lipinski definition) is 1. The number of nitrogens with zero attached hydrogens (tertiary/aromatic N) is 2. The van der Waals surface area contributed by atoms with Crippen molar-refractivity contribution in [1.82, 2.24) is 15.2 Å². The lowest BCUT2D eigenvalue weighted by molar-refractivity contribution is 0.0854. The number of benzene rings is 1. The van der Waals surface area contributed by atoms with Gasteiger partial charge in [-0.25, -0.2) is 9.78 Å². The molecule has 0 unspecified atom stereocenters. The average molecular weight is 353 g/mol. The second kappa shape index (κ2) is 8.47. The summed E-state index contributed by atoms with van der Waals surface area (Å²) in [5.41, 5.74) is 1.66. The lowest BCUT2D eigenvalue weighted by Crippen LogP contribution is -2.45. The van der Waals surface area contributed by atoms with Gasteiger partial charge in [-0.1, -0.05) is 36.4 Å². The van der Waals surface area contributed by atoms with E-state index in [1.165, 1.54) is 0 Å². The molecule has 136 valence electrons. The van der Waals surface area contributed by atoms with Crippen LogP contribution in [0.2, 0.25) is 0 Å². The Kier molecular flexibility index (Phi) is 5.84. The monoisotopic (exact) mass is 353 g/mol. The number of ketones is 1. The topological polar surface area (TPSA) is 71.5 Å². The number of ether oxygens (including phenoxy) is 1. The van der Waals surface area contributed by atoms with Crippen LogP contribution in [0.4, 0.5) is 4.79 Å². The Labute approximate surface area is 153 Å². The lowest BCUT2D eigenvalue weighted by Gasteiger charge is -2.31. The van der Waals surface area contributed by atoms with Crippen molar-refractivity contribution in [1.29, 1.82) is 0 Å². The number of rotatable bonds is 5. The predicted octanol–water partition coefficient (Wildman–Crippen LogP) is 2.89. The highest BCUT2D eigenvalue weighted by Gasteiger charge is 2.27. The number of Topliss-reactive ketones (excluding diaryl/α,β-unsaturated/α-hetero) is 1. The molecule has 1 aromatic heterocycles. The van der Waals surface area contributed by atoms with Gasteiger partial charge in [-0.3, -0.25) is 4.79 Å². The maximum Gasteiger partial charge on any atom is 0.317 e. The summed E-state index contributed by atoms with van der Waals surface area (Å²) in [5, 5.41) is 2.90. The quantitative estimate of drug-likeness (QED) is 0.839. The van der Waals surface area contributed by atoms with E-state index in [1.54, 1.807) is 24.3 Å². The molecule has 26 heavy (non-hydrogen) atoms. The summed E-state index contributed by atoms with van der Waals surface area (Å²) in [6.45, 7) is 1.60. The number of hydrogen-bond acceptors (Lipinski definition) is 4. The molecule has 6 heteroatoms. The van der Waals surface area contributed by atoms with Gasteiger partial charge >= 0.3 is 6.03 Å². The SMILES string of the molecule is COc1ccc(CNC(=O)N2CCC(C(=O)c3ccccc3)CC2)cn1. The zero-order valence-corrected chi connectivity index (χ0v) is 14.9. The lowest BCUT2D eigenvalue weighted by atomic mass is 9.89. The molecule has 2 aromatic rings. The molecule has 1 aromatic carbocycles. The van der Waals surface area contributed by atoms with Crippen molar-refractivity contribution >= 4 is 11.8 Å². The Morgan fingerprint density at radius 2 is 1.88 bits per heavy atom. The standard InChI is InChI=1S/C20H23N3O3/c1-26-18-8-7-15(13-21-18)14-22-20(25)23-11-9-17(10-12-23)19(24)16-5-3-2-4-6-16/h2-8,13,17H,9-12,14H2,1H3,(H,22,25). The highest BCUT2D eigenvalue weighted by Crippen LogP contribution is 2.21. The van der Waals surface area contributed by atoms with E-state index in [2.05, 4.69) is 10.3 Å². The van der Waals surface area contributed by atoms with Gasteiger partial charge in [-0.2, -0.15) is 0 Å². The van der Waals surface area contributed by atoms with Crippen molar-refractivity contribution in [2.45, 2.75) is 19.4 Å². The molecule has 2 amide bonds. The fourth-order valence-corrected chi connectivity index (χ4v) is 3.11. The first-order valence-electron chi connectivity index (χ1n) is 8.78. The first kappa shape index (κ1) is 17.9. The highest BCUT2D eigenvalue weighted by molar-refractivity contribution is 5.97. The maximum absolute atomic E-state index is 12.5. The number of urea groups is 1. The number of likely N-dealkylation sites (tertiary alicyclic amines) is 1. The number of carbonyl (C=O) groups excluding carboxylic acids is 2. The minimum absolute atomic E-state index is 0.00719. The summed E-state index contributed by atoms with van der Waals surface area (Å²) in [6, 6.07) is 12.9. The largest absolute Gasteiger partial charge is 0.481 e. The van der Waals surface area contributed by atoms with Crippen molar-refractivity contribution in [2.75, 3.05) is 20.2 Å². The third kappa shape index (κ3) is 4.39. The van der Waals surface area contributed by atoms with Crippen LogP contribution in [0.5, 0.6) is 5.88 Å². The number of carbonyl (C=O) groups is 2. The van der Waals surface area contributed by atoms with E-state index in [9.17, 15) is 9.59 Å². The minimum Gasteiger partial charge on any atom is -0.481 e. The molecule has 3 rings (SSSR count). The van der Waals surface area contributed by atoms with E-state index >= 15 is 0 Å². The Hall–Kier alpha value is -2.89. The van der Waals surface area contributed by atoms with Crippen molar-refractivity contribution in [2.24, 2.45) is 5.92 Å². The highest BCUT2D eigenvalue weighted by atomic mass is 16.5. The second-order valence-electron chi connectivity index (χ2n) is 6.36. The minimum atomic E-state index is -0.105. The van der Waals surface area contributed by atoms with Crippen molar-refractivity contribution in [3.8, 4) is 5.88 Å². The third-order valence-corrected chi connectivity index (χ3v) is 4.66. The van der Waals surface area contributed by atoms with E-state index in [1.807, 2.05) is 36.4 Å². The van der Waals surface area contributed by atoms with Crippen molar-refractivity contribution in [3.05, 3.63) is 59.8 Å². The Bertz CT molecular complexity index is 739. The maximum atomic E-state index is 12.5. The first-order valence-corrected chi connectivity index (χ1v) is 8.78. The first-order chi connectivity index (χ1) is 12.7. The molecule has 0 saturated carbocycles. The molecule has 0 aliphatic carbocycles. The van der Waals surface area contributed by atoms with Crippen LogP contribution in [0, 0.1) is 5.92 Å². The van der Waals surface area contributed by atoms with Gasteiger partial charge in [0.15, 0.2) is 5.78 Å². The summed E-state index contributed by atoms with van der Waals surface area (Å²) in [5.74, 6) is 0.715. The molecule has 1 aliphatic heterocycles. The molecule has 6 nitrogen and oxygen atoms in total. The van der Waals surface area contributed by atoms with Gasteiger partial charge in [-0.05, 0) is 18.4 Å². The fraction of sp³-hybridized carbons (Fsp3) is 0.350. The predicted molar refractivity (Wildman–Crippen MR) is 98.1 cm³/mol. The van der Waals surface area contributed by atoms with Crippen molar-refractivity contribution < 1.29 is 14.3 Å². The van der Waals surface area contributed by atoms with Crippen LogP contribution in [0.15, 0.2) is 48.7 Å². The molecular weight excluding hydrogens is 330 g/mol. The van der Waals surface area contributed by atoms with Gasteiger partial charge in [0.1, 0.15) is 0 Å². The zero-order valence-electron chi connectivity index (χ0n) is 14.9. The van der Waals surface area contributed by atoms with Gasteiger partial charge < -0.3 is 15.0 Å². The molecule has 0 spiro atoms. The number of amides is 2. The normalized spacial score (nSPS) is 14.7. The van der Waals surface area contributed by atoms with E-state index in [0.717, 1.165) is 11.1 Å². The van der Waals surface area contributed by atoms with Crippen LogP contribution in [-0.2, 0) is 6.54 Å². The van der Waals surface area contributed by atoms with Crippen LogP contribution in [-0.4, -0.2) is 41.9 Å². The number of aromatic nitrogens is 1. The van der Waals surface area contributed by atoms with Gasteiger partial charge in [0.2, 0.25) is 5.88 Å². The Morgan fingerprint density at radius 1 is 1.15 bits per heavy atom. The number of pyridine rings is 1. The summed E-state index contributed by atoms with van der Waals surface area (Å²) < 4.78 is 5.02. The van der Waals surface area contributed by atoms with Crippen LogP contribution >= 0.6 is 0 Å². The number of piperidine rings is 1. The molecule has 2 heterocycles. The van der Waals surface area contributed by atoms with Gasteiger partial charge in [-0.15, -0.1) is 0 Å². The Balaban J connectivity index is 1.46. The summed E-state index contributed by atoms with van der Waals surface area (Å²) in [4.78, 5) is 30.7. The molecular formula is C20H23N3O3.